The van der Waals surface area contributed by atoms with E-state index < -0.39 is 0 Å². The van der Waals surface area contributed by atoms with Crippen LogP contribution in [-0.2, 0) is 12.8 Å². The molecule has 2 aliphatic rings. The molecule has 1 saturated carbocycles. The van der Waals surface area contributed by atoms with Crippen LogP contribution in [0.5, 0.6) is 0 Å². The van der Waals surface area contributed by atoms with Gasteiger partial charge >= 0.3 is 0 Å². The summed E-state index contributed by atoms with van der Waals surface area (Å²) in [6.45, 7) is 5.58. The third-order valence-corrected chi connectivity index (χ3v) is 5.65. The number of rotatable bonds is 4. The molecule has 1 atom stereocenters. The highest BCUT2D eigenvalue weighted by atomic mass is 16.2. The number of likely N-dealkylation sites (tertiary alicyclic amines) is 1. The summed E-state index contributed by atoms with van der Waals surface area (Å²) < 4.78 is 0. The number of aryl methyl sites for hydroxylation is 1. The number of nitrogens with zero attached hydrogens (tertiary/aromatic N) is 2. The van der Waals surface area contributed by atoms with Crippen molar-refractivity contribution >= 4 is 5.91 Å². The zero-order valence-corrected chi connectivity index (χ0v) is 14.2. The molecular weight excluding hydrogens is 290 g/mol. The minimum Gasteiger partial charge on any atom is -0.338 e. The fraction of sp³-hybridized carbons (Fsp3) is 0.722. The van der Waals surface area contributed by atoms with E-state index >= 15 is 0 Å². The highest BCUT2D eigenvalue weighted by Gasteiger charge is 2.35. The molecule has 1 aliphatic heterocycles. The Bertz CT molecular complexity index is 632. The zero-order valence-electron chi connectivity index (χ0n) is 14.2. The first kappa shape index (κ1) is 16.2. The highest BCUT2D eigenvalue weighted by molar-refractivity contribution is 5.95. The molecule has 2 fully saturated rings. The van der Waals surface area contributed by atoms with E-state index in [1.807, 2.05) is 18.7 Å². The van der Waals surface area contributed by atoms with E-state index in [4.69, 9.17) is 0 Å². The number of aromatic nitrogens is 2. The molecule has 126 valence electrons. The standard InChI is InChI=1S/C18H27N3O2/c1-3-14-15(4-2)19-20-17(22)16(14)18(23)21-10-9-13(11-21)12-7-5-6-8-12/h12-13H,3-11H2,1-2H3,(H,20,22). The molecule has 0 spiro atoms. The third kappa shape index (κ3) is 3.06. The largest absolute Gasteiger partial charge is 0.338 e. The fourth-order valence-electron chi connectivity index (χ4n) is 4.37. The molecule has 5 nitrogen and oxygen atoms in total. The van der Waals surface area contributed by atoms with Gasteiger partial charge in [0.25, 0.3) is 11.5 Å². The fourth-order valence-corrected chi connectivity index (χ4v) is 4.37. The molecule has 1 unspecified atom stereocenters. The minimum absolute atomic E-state index is 0.0966. The molecule has 1 aliphatic carbocycles. The van der Waals surface area contributed by atoms with E-state index in [0.717, 1.165) is 43.1 Å². The van der Waals surface area contributed by atoms with Crippen LogP contribution in [0.1, 0.15) is 67.6 Å². The van der Waals surface area contributed by atoms with Gasteiger partial charge < -0.3 is 4.90 Å². The molecule has 0 aromatic carbocycles. The lowest BCUT2D eigenvalue weighted by molar-refractivity contribution is 0.0779. The summed E-state index contributed by atoms with van der Waals surface area (Å²) >= 11 is 0. The predicted octanol–water partition coefficient (Wildman–Crippen LogP) is 2.55. The van der Waals surface area contributed by atoms with Crippen molar-refractivity contribution in [1.29, 1.82) is 0 Å². The normalized spacial score (nSPS) is 22.0. The first-order chi connectivity index (χ1) is 11.2. The van der Waals surface area contributed by atoms with Gasteiger partial charge in [-0.05, 0) is 36.7 Å². The molecule has 3 rings (SSSR count). The number of hydrogen-bond donors (Lipinski definition) is 1. The van der Waals surface area contributed by atoms with Crippen molar-refractivity contribution in [2.75, 3.05) is 13.1 Å². The van der Waals surface area contributed by atoms with Gasteiger partial charge in [-0.2, -0.15) is 5.10 Å². The van der Waals surface area contributed by atoms with E-state index in [2.05, 4.69) is 10.2 Å². The third-order valence-electron chi connectivity index (χ3n) is 5.65. The SMILES string of the molecule is CCc1n[nH]c(=O)c(C(=O)N2CCC(C3CCCC3)C2)c1CC. The number of nitrogens with one attached hydrogen (secondary N) is 1. The molecule has 1 amide bonds. The summed E-state index contributed by atoms with van der Waals surface area (Å²) in [5.41, 5.74) is 1.65. The second kappa shape index (κ2) is 6.85. The Morgan fingerprint density at radius 2 is 1.91 bits per heavy atom. The van der Waals surface area contributed by atoms with Crippen LogP contribution in [0.4, 0.5) is 0 Å². The lowest BCUT2D eigenvalue weighted by Gasteiger charge is -2.21. The Morgan fingerprint density at radius 3 is 2.57 bits per heavy atom. The maximum absolute atomic E-state index is 13.0. The van der Waals surface area contributed by atoms with Crippen molar-refractivity contribution in [3.05, 3.63) is 27.2 Å². The van der Waals surface area contributed by atoms with Crippen LogP contribution >= 0.6 is 0 Å². The summed E-state index contributed by atoms with van der Waals surface area (Å²) in [4.78, 5) is 27.1. The molecule has 0 bridgehead atoms. The summed E-state index contributed by atoms with van der Waals surface area (Å²) in [5.74, 6) is 1.30. The van der Waals surface area contributed by atoms with Crippen LogP contribution in [0.15, 0.2) is 4.79 Å². The number of carbonyl (C=O) groups is 1. The molecule has 1 saturated heterocycles. The highest BCUT2D eigenvalue weighted by Crippen LogP contribution is 2.36. The molecule has 0 radical (unpaired) electrons. The van der Waals surface area contributed by atoms with Crippen LogP contribution in [0.3, 0.4) is 0 Å². The summed E-state index contributed by atoms with van der Waals surface area (Å²) in [5, 5.41) is 6.62. The van der Waals surface area contributed by atoms with Crippen molar-refractivity contribution in [2.24, 2.45) is 11.8 Å². The van der Waals surface area contributed by atoms with Gasteiger partial charge in [0.2, 0.25) is 0 Å². The Morgan fingerprint density at radius 1 is 1.17 bits per heavy atom. The van der Waals surface area contributed by atoms with Crippen molar-refractivity contribution in [3.8, 4) is 0 Å². The van der Waals surface area contributed by atoms with Crippen LogP contribution in [-0.4, -0.2) is 34.1 Å². The molecule has 23 heavy (non-hydrogen) atoms. The van der Waals surface area contributed by atoms with E-state index in [1.165, 1.54) is 25.7 Å². The number of hydrogen-bond acceptors (Lipinski definition) is 3. The molecule has 1 N–H and O–H groups in total. The van der Waals surface area contributed by atoms with E-state index in [-0.39, 0.29) is 11.5 Å². The first-order valence-electron chi connectivity index (χ1n) is 9.05. The Kier molecular flexibility index (Phi) is 4.83. The Labute approximate surface area is 137 Å². The van der Waals surface area contributed by atoms with E-state index in [9.17, 15) is 9.59 Å². The predicted molar refractivity (Wildman–Crippen MR) is 89.6 cm³/mol. The second-order valence-corrected chi connectivity index (χ2v) is 6.90. The number of aromatic amines is 1. The topological polar surface area (TPSA) is 66.1 Å². The molecule has 2 heterocycles. The Balaban J connectivity index is 1.82. The van der Waals surface area contributed by atoms with Crippen molar-refractivity contribution < 1.29 is 4.79 Å². The monoisotopic (exact) mass is 317 g/mol. The van der Waals surface area contributed by atoms with Gasteiger partial charge in [0, 0.05) is 13.1 Å². The van der Waals surface area contributed by atoms with Gasteiger partial charge in [-0.15, -0.1) is 0 Å². The lowest BCUT2D eigenvalue weighted by Crippen LogP contribution is -2.35. The van der Waals surface area contributed by atoms with Gasteiger partial charge in [0.15, 0.2) is 0 Å². The van der Waals surface area contributed by atoms with E-state index in [0.29, 0.717) is 17.9 Å². The molecule has 1 aromatic heterocycles. The molecule has 5 heteroatoms. The molecular formula is C18H27N3O2. The van der Waals surface area contributed by atoms with Gasteiger partial charge in [-0.3, -0.25) is 9.59 Å². The maximum Gasteiger partial charge on any atom is 0.277 e. The number of carbonyl (C=O) groups excluding carboxylic acids is 1. The van der Waals surface area contributed by atoms with E-state index in [1.54, 1.807) is 0 Å². The maximum atomic E-state index is 13.0. The van der Waals surface area contributed by atoms with Gasteiger partial charge in [0.1, 0.15) is 5.56 Å². The van der Waals surface area contributed by atoms with Crippen LogP contribution in [0.25, 0.3) is 0 Å². The van der Waals surface area contributed by atoms with Gasteiger partial charge in [0.05, 0.1) is 5.69 Å². The summed E-state index contributed by atoms with van der Waals surface area (Å²) in [6.07, 6.45) is 7.76. The smallest absolute Gasteiger partial charge is 0.277 e. The van der Waals surface area contributed by atoms with Crippen molar-refractivity contribution in [3.63, 3.8) is 0 Å². The Hall–Kier alpha value is -1.65. The van der Waals surface area contributed by atoms with Crippen LogP contribution in [0.2, 0.25) is 0 Å². The van der Waals surface area contributed by atoms with Crippen LogP contribution in [0, 0.1) is 11.8 Å². The molecule has 1 aromatic rings. The van der Waals surface area contributed by atoms with Crippen molar-refractivity contribution in [2.45, 2.75) is 58.8 Å². The number of amides is 1. The minimum atomic E-state index is -0.339. The van der Waals surface area contributed by atoms with Crippen molar-refractivity contribution in [1.82, 2.24) is 15.1 Å². The second-order valence-electron chi connectivity index (χ2n) is 6.90. The summed E-state index contributed by atoms with van der Waals surface area (Å²) in [6, 6.07) is 0. The number of H-pyrrole nitrogens is 1. The van der Waals surface area contributed by atoms with Gasteiger partial charge in [-0.25, -0.2) is 5.10 Å². The average molecular weight is 317 g/mol. The summed E-state index contributed by atoms with van der Waals surface area (Å²) in [7, 11) is 0. The van der Waals surface area contributed by atoms with Crippen LogP contribution < -0.4 is 5.56 Å². The zero-order chi connectivity index (χ0) is 16.4. The average Bonchev–Trinajstić information content (AvgIpc) is 3.24. The van der Waals surface area contributed by atoms with Gasteiger partial charge in [-0.1, -0.05) is 39.5 Å². The first-order valence-corrected chi connectivity index (χ1v) is 9.05. The quantitative estimate of drug-likeness (QED) is 0.928. The lowest BCUT2D eigenvalue weighted by atomic mass is 9.90.